The zero-order valence-corrected chi connectivity index (χ0v) is 22.5. The number of hydrogen-bond acceptors (Lipinski definition) is 10. The number of ether oxygens (including phenoxy) is 5. The van der Waals surface area contributed by atoms with E-state index in [-0.39, 0.29) is 22.9 Å². The Balaban J connectivity index is 0.000000237. The molecule has 0 aliphatic rings. The molecular weight excluding hydrogens is 543 g/mol. The average Bonchev–Trinajstić information content (AvgIpc) is 2.98. The van der Waals surface area contributed by atoms with E-state index in [9.17, 15) is 24.6 Å². The topological polar surface area (TPSA) is 153 Å². The molecule has 4 aromatic carbocycles. The zero-order chi connectivity index (χ0) is 30.4. The molecule has 12 nitrogen and oxygen atoms in total. The number of rotatable bonds is 8. The molecule has 0 spiro atoms. The Labute approximate surface area is 234 Å². The maximum Gasteiger partial charge on any atom is 0.311 e. The maximum atomic E-state index is 12.8. The zero-order valence-electron chi connectivity index (χ0n) is 22.5. The van der Waals surface area contributed by atoms with Crippen molar-refractivity contribution in [2.75, 3.05) is 28.4 Å². The highest BCUT2D eigenvalue weighted by atomic mass is 19.1. The van der Waals surface area contributed by atoms with Crippen LogP contribution in [-0.2, 0) is 0 Å². The van der Waals surface area contributed by atoms with E-state index in [2.05, 4.69) is 4.74 Å². The monoisotopic (exact) mass is 570 g/mol. The van der Waals surface area contributed by atoms with Gasteiger partial charge in [0.2, 0.25) is 11.6 Å². The van der Waals surface area contributed by atoms with Crippen molar-refractivity contribution >= 4 is 11.4 Å². The SMILES string of the molecule is COc1ccc([N+](=O)[O-])c(F)c1.COc1ccc([N+](=O)[O-])c(Oc2ccccc2OC)c1.COc1ccccc1O. The molecule has 41 heavy (non-hydrogen) atoms. The lowest BCUT2D eigenvalue weighted by molar-refractivity contribution is -0.387. The third kappa shape index (κ3) is 9.28. The Morgan fingerprint density at radius 2 is 1.10 bits per heavy atom. The summed E-state index contributed by atoms with van der Waals surface area (Å²) in [5.74, 6) is 1.52. The molecule has 0 heterocycles. The van der Waals surface area contributed by atoms with Crippen molar-refractivity contribution in [2.24, 2.45) is 0 Å². The van der Waals surface area contributed by atoms with Crippen LogP contribution in [0.1, 0.15) is 0 Å². The van der Waals surface area contributed by atoms with Gasteiger partial charge in [0, 0.05) is 24.3 Å². The predicted molar refractivity (Wildman–Crippen MR) is 147 cm³/mol. The van der Waals surface area contributed by atoms with Crippen molar-refractivity contribution < 1.29 is 43.0 Å². The number of hydrogen-bond donors (Lipinski definition) is 1. The van der Waals surface area contributed by atoms with E-state index in [1.54, 1.807) is 48.5 Å². The molecule has 0 radical (unpaired) electrons. The van der Waals surface area contributed by atoms with Gasteiger partial charge in [-0.3, -0.25) is 20.2 Å². The Morgan fingerprint density at radius 3 is 1.56 bits per heavy atom. The summed E-state index contributed by atoms with van der Waals surface area (Å²) in [6.07, 6.45) is 0. The van der Waals surface area contributed by atoms with E-state index in [0.717, 1.165) is 12.1 Å². The Kier molecular flexibility index (Phi) is 12.1. The quantitative estimate of drug-likeness (QED) is 0.182. The number of phenols is 1. The fourth-order valence-electron chi connectivity index (χ4n) is 3.07. The minimum atomic E-state index is -0.889. The first-order valence-electron chi connectivity index (χ1n) is 11.6. The Morgan fingerprint density at radius 1 is 0.610 bits per heavy atom. The first-order chi connectivity index (χ1) is 19.6. The van der Waals surface area contributed by atoms with E-state index in [0.29, 0.717) is 23.0 Å². The van der Waals surface area contributed by atoms with Crippen LogP contribution in [-0.4, -0.2) is 43.4 Å². The van der Waals surface area contributed by atoms with Gasteiger partial charge in [-0.2, -0.15) is 4.39 Å². The second kappa shape index (κ2) is 15.7. The lowest BCUT2D eigenvalue weighted by atomic mass is 10.2. The molecule has 0 amide bonds. The highest BCUT2D eigenvalue weighted by Crippen LogP contribution is 2.38. The van der Waals surface area contributed by atoms with Gasteiger partial charge in [-0.1, -0.05) is 24.3 Å². The van der Waals surface area contributed by atoms with Crippen molar-refractivity contribution in [2.45, 2.75) is 0 Å². The molecule has 216 valence electrons. The van der Waals surface area contributed by atoms with E-state index in [4.69, 9.17) is 24.1 Å². The molecular formula is C28H27FN2O10. The average molecular weight is 571 g/mol. The predicted octanol–water partition coefficient (Wildman–Crippen LogP) is 6.55. The lowest BCUT2D eigenvalue weighted by Gasteiger charge is -2.11. The third-order valence-electron chi connectivity index (χ3n) is 5.09. The molecule has 13 heteroatoms. The Hall–Kier alpha value is -5.59. The summed E-state index contributed by atoms with van der Waals surface area (Å²) in [7, 11) is 5.87. The molecule has 0 aromatic heterocycles. The number of halogens is 1. The van der Waals surface area contributed by atoms with Crippen molar-refractivity contribution in [3.05, 3.63) is 111 Å². The number of nitrogens with zero attached hydrogens (tertiary/aromatic N) is 2. The number of benzene rings is 4. The lowest BCUT2D eigenvalue weighted by Crippen LogP contribution is -1.96. The molecule has 0 atom stereocenters. The number of para-hydroxylation sites is 4. The number of nitro benzene ring substituents is 2. The highest BCUT2D eigenvalue weighted by Gasteiger charge is 2.18. The van der Waals surface area contributed by atoms with Crippen molar-refractivity contribution in [3.63, 3.8) is 0 Å². The molecule has 0 fully saturated rings. The number of phenolic OH excluding ortho intramolecular Hbond substituents is 1. The molecule has 0 unspecified atom stereocenters. The summed E-state index contributed by atoms with van der Waals surface area (Å²) < 4.78 is 38.0. The van der Waals surface area contributed by atoms with Gasteiger partial charge in [0.15, 0.2) is 23.0 Å². The molecule has 1 N–H and O–H groups in total. The van der Waals surface area contributed by atoms with Gasteiger partial charge in [-0.25, -0.2) is 0 Å². The normalized spacial score (nSPS) is 9.59. The van der Waals surface area contributed by atoms with E-state index in [1.807, 2.05) is 0 Å². The first-order valence-corrected chi connectivity index (χ1v) is 11.6. The van der Waals surface area contributed by atoms with Gasteiger partial charge in [-0.05, 0) is 36.4 Å². The van der Waals surface area contributed by atoms with E-state index >= 15 is 0 Å². The minimum absolute atomic E-state index is 0.0962. The van der Waals surface area contributed by atoms with Crippen molar-refractivity contribution in [1.29, 1.82) is 0 Å². The van der Waals surface area contributed by atoms with Crippen LogP contribution in [0, 0.1) is 26.0 Å². The van der Waals surface area contributed by atoms with Gasteiger partial charge in [-0.15, -0.1) is 0 Å². The smallest absolute Gasteiger partial charge is 0.311 e. The summed E-state index contributed by atoms with van der Waals surface area (Å²) >= 11 is 0. The van der Waals surface area contributed by atoms with E-state index in [1.165, 1.54) is 52.7 Å². The van der Waals surface area contributed by atoms with Crippen LogP contribution in [0.2, 0.25) is 0 Å². The van der Waals surface area contributed by atoms with Gasteiger partial charge in [0.05, 0.1) is 38.3 Å². The molecule has 4 aromatic rings. The van der Waals surface area contributed by atoms with Crippen LogP contribution >= 0.6 is 0 Å². The summed E-state index contributed by atoms with van der Waals surface area (Å²) in [6.45, 7) is 0. The first kappa shape index (κ1) is 31.6. The van der Waals surface area contributed by atoms with Gasteiger partial charge >= 0.3 is 11.4 Å². The number of aromatic hydroxyl groups is 1. The summed E-state index contributed by atoms with van der Waals surface area (Å²) in [5.41, 5.74) is -0.687. The molecule has 0 aliphatic carbocycles. The molecule has 0 saturated carbocycles. The van der Waals surface area contributed by atoms with E-state index < -0.39 is 21.4 Å². The Bertz CT molecular complexity index is 1470. The van der Waals surface area contributed by atoms with Gasteiger partial charge in [0.25, 0.3) is 0 Å². The highest BCUT2D eigenvalue weighted by molar-refractivity contribution is 5.54. The molecule has 0 aliphatic heterocycles. The van der Waals surface area contributed by atoms with Crippen LogP contribution in [0.15, 0.2) is 84.9 Å². The van der Waals surface area contributed by atoms with Crippen LogP contribution in [0.4, 0.5) is 15.8 Å². The maximum absolute atomic E-state index is 12.8. The standard InChI is InChI=1S/C14H13NO5.C7H6FNO3.C7H8O2/c1-18-10-7-8-11(15(16)17)14(9-10)20-13-6-4-3-5-12(13)19-2;1-12-5-2-3-7(9(10)11)6(8)4-5;1-9-7-5-3-2-4-6(7)8/h3-9H,1-2H3;2-4H,1H3;2-5,8H,1H3. The molecule has 4 rings (SSSR count). The second-order valence-corrected chi connectivity index (χ2v) is 7.59. The third-order valence-corrected chi connectivity index (χ3v) is 5.09. The van der Waals surface area contributed by atoms with Gasteiger partial charge in [0.1, 0.15) is 11.5 Å². The fourth-order valence-corrected chi connectivity index (χ4v) is 3.07. The van der Waals surface area contributed by atoms with Crippen LogP contribution in [0.5, 0.6) is 40.2 Å². The molecule has 0 bridgehead atoms. The van der Waals surface area contributed by atoms with Crippen molar-refractivity contribution in [1.82, 2.24) is 0 Å². The van der Waals surface area contributed by atoms with Crippen molar-refractivity contribution in [3.8, 4) is 40.2 Å². The minimum Gasteiger partial charge on any atom is -0.504 e. The summed E-state index contributed by atoms with van der Waals surface area (Å²) in [6, 6.07) is 21.4. The summed E-state index contributed by atoms with van der Waals surface area (Å²) in [5, 5.41) is 30.2. The van der Waals surface area contributed by atoms with Gasteiger partial charge < -0.3 is 28.8 Å². The fraction of sp³-hybridized carbons (Fsp3) is 0.143. The number of methoxy groups -OCH3 is 4. The molecule has 0 saturated heterocycles. The second-order valence-electron chi connectivity index (χ2n) is 7.59. The largest absolute Gasteiger partial charge is 0.504 e. The van der Waals surface area contributed by atoms with Crippen LogP contribution in [0.25, 0.3) is 0 Å². The summed E-state index contributed by atoms with van der Waals surface area (Å²) in [4.78, 5) is 19.9. The van der Waals surface area contributed by atoms with Crippen LogP contribution in [0.3, 0.4) is 0 Å². The van der Waals surface area contributed by atoms with Crippen LogP contribution < -0.4 is 23.7 Å². The number of nitro groups is 2.